The summed E-state index contributed by atoms with van der Waals surface area (Å²) in [7, 11) is 0. The maximum Gasteiger partial charge on any atom is 0.306 e. The van der Waals surface area contributed by atoms with Crippen molar-refractivity contribution in [3.63, 3.8) is 0 Å². The summed E-state index contributed by atoms with van der Waals surface area (Å²) in [6, 6.07) is -0.713. The molecule has 59 heavy (non-hydrogen) atoms. The number of carbonyl (C=O) groups is 2. The number of ether oxygens (including phenoxy) is 1. The van der Waals surface area contributed by atoms with Crippen LogP contribution in [0.1, 0.15) is 252 Å². The first-order valence-corrected chi connectivity index (χ1v) is 25.4. The van der Waals surface area contributed by atoms with Crippen molar-refractivity contribution in [2.75, 3.05) is 6.61 Å². The number of esters is 1. The third-order valence-corrected chi connectivity index (χ3v) is 11.5. The van der Waals surface area contributed by atoms with Crippen LogP contribution in [0.2, 0.25) is 0 Å². The standard InChI is InChI=1S/C53H97NO5/c1-4-7-10-13-16-19-22-24-25-26-27-28-30-33-36-39-42-45-51(56)50(48-55)54-52(57)47-49(44-41-38-35-32-29-21-18-15-12-9-6-3)59-53(58)46-43-40-37-34-31-23-20-17-14-11-8-5-2/h9,12,15,17-18,20-21,29,49-51,55-56H,4-8,10-11,13-14,16,19,22-28,30-48H2,1-3H3,(H,54,57)/b12-9+,18-15+,20-17-,29-21-. The summed E-state index contributed by atoms with van der Waals surface area (Å²) >= 11 is 0. The Kier molecular flexibility index (Phi) is 45.1. The van der Waals surface area contributed by atoms with Crippen LogP contribution < -0.4 is 5.32 Å². The lowest BCUT2D eigenvalue weighted by Crippen LogP contribution is -2.46. The van der Waals surface area contributed by atoms with Crippen molar-refractivity contribution in [1.82, 2.24) is 5.32 Å². The summed E-state index contributed by atoms with van der Waals surface area (Å²) in [6.07, 6.45) is 56.1. The number of allylic oxidation sites excluding steroid dienone is 8. The van der Waals surface area contributed by atoms with E-state index in [9.17, 15) is 19.8 Å². The number of unbranched alkanes of at least 4 members (excludes halogenated alkanes) is 27. The largest absolute Gasteiger partial charge is 0.462 e. The maximum absolute atomic E-state index is 13.2. The number of aliphatic hydroxyl groups excluding tert-OH is 2. The molecule has 0 spiro atoms. The quantitative estimate of drug-likeness (QED) is 0.0246. The zero-order valence-electron chi connectivity index (χ0n) is 39.1. The van der Waals surface area contributed by atoms with Gasteiger partial charge in [-0.05, 0) is 70.6 Å². The van der Waals surface area contributed by atoms with Crippen molar-refractivity contribution >= 4 is 11.9 Å². The van der Waals surface area contributed by atoms with Gasteiger partial charge in [0.1, 0.15) is 6.10 Å². The average Bonchev–Trinajstić information content (AvgIpc) is 3.23. The van der Waals surface area contributed by atoms with Crippen molar-refractivity contribution in [3.05, 3.63) is 48.6 Å². The first-order valence-electron chi connectivity index (χ1n) is 25.4. The minimum Gasteiger partial charge on any atom is -0.462 e. The monoisotopic (exact) mass is 828 g/mol. The maximum atomic E-state index is 13.2. The van der Waals surface area contributed by atoms with Crippen LogP contribution >= 0.6 is 0 Å². The molecule has 3 N–H and O–H groups in total. The molecule has 0 aromatic heterocycles. The van der Waals surface area contributed by atoms with Gasteiger partial charge in [0.15, 0.2) is 0 Å². The fourth-order valence-electron chi connectivity index (χ4n) is 7.60. The molecule has 6 nitrogen and oxygen atoms in total. The topological polar surface area (TPSA) is 95.9 Å². The number of hydrogen-bond donors (Lipinski definition) is 3. The summed E-state index contributed by atoms with van der Waals surface area (Å²) in [6.45, 7) is 6.32. The average molecular weight is 828 g/mol. The molecule has 0 aliphatic carbocycles. The molecule has 3 atom stereocenters. The predicted molar refractivity (Wildman–Crippen MR) is 255 cm³/mol. The number of amides is 1. The molecule has 0 saturated heterocycles. The van der Waals surface area contributed by atoms with Gasteiger partial charge in [-0.15, -0.1) is 0 Å². The molecule has 3 unspecified atom stereocenters. The summed E-state index contributed by atoms with van der Waals surface area (Å²) in [5.74, 6) is -0.517. The van der Waals surface area contributed by atoms with Crippen LogP contribution in [0.15, 0.2) is 48.6 Å². The lowest BCUT2D eigenvalue weighted by Gasteiger charge is -2.24. The number of carbonyl (C=O) groups excluding carboxylic acids is 2. The smallest absolute Gasteiger partial charge is 0.306 e. The van der Waals surface area contributed by atoms with Crippen LogP contribution in [-0.2, 0) is 14.3 Å². The molecule has 1 amide bonds. The lowest BCUT2D eigenvalue weighted by molar-refractivity contribution is -0.151. The van der Waals surface area contributed by atoms with Gasteiger partial charge in [0, 0.05) is 6.42 Å². The first-order chi connectivity index (χ1) is 29.0. The van der Waals surface area contributed by atoms with E-state index in [0.717, 1.165) is 77.0 Å². The summed E-state index contributed by atoms with van der Waals surface area (Å²) < 4.78 is 5.89. The van der Waals surface area contributed by atoms with E-state index >= 15 is 0 Å². The minimum atomic E-state index is -0.798. The molecule has 0 aliphatic rings. The predicted octanol–water partition coefficient (Wildman–Crippen LogP) is 15.1. The van der Waals surface area contributed by atoms with Gasteiger partial charge in [0.2, 0.25) is 5.91 Å². The highest BCUT2D eigenvalue weighted by molar-refractivity contribution is 5.77. The Hall–Kier alpha value is -2.18. The molecule has 0 fully saturated rings. The normalized spacial score (nSPS) is 13.6. The fourth-order valence-corrected chi connectivity index (χ4v) is 7.60. The van der Waals surface area contributed by atoms with Gasteiger partial charge < -0.3 is 20.3 Å². The Morgan fingerprint density at radius 2 is 0.932 bits per heavy atom. The van der Waals surface area contributed by atoms with Crippen LogP contribution in [0, 0.1) is 0 Å². The second-order valence-electron chi connectivity index (χ2n) is 17.2. The molecule has 0 saturated carbocycles. The van der Waals surface area contributed by atoms with E-state index in [4.69, 9.17) is 4.74 Å². The van der Waals surface area contributed by atoms with E-state index < -0.39 is 18.2 Å². The van der Waals surface area contributed by atoms with Gasteiger partial charge >= 0.3 is 5.97 Å². The molecule has 0 rings (SSSR count). The van der Waals surface area contributed by atoms with Gasteiger partial charge in [0.05, 0.1) is 25.2 Å². The minimum absolute atomic E-state index is 0.0516. The van der Waals surface area contributed by atoms with Crippen molar-refractivity contribution in [1.29, 1.82) is 0 Å². The summed E-state index contributed by atoms with van der Waals surface area (Å²) in [5, 5.41) is 23.8. The van der Waals surface area contributed by atoms with Gasteiger partial charge in [0.25, 0.3) is 0 Å². The fraction of sp³-hybridized carbons (Fsp3) is 0.811. The Morgan fingerprint density at radius 3 is 1.47 bits per heavy atom. The van der Waals surface area contributed by atoms with Gasteiger partial charge in [-0.3, -0.25) is 9.59 Å². The number of aliphatic hydroxyl groups is 2. The number of nitrogens with one attached hydrogen (secondary N) is 1. The van der Waals surface area contributed by atoms with E-state index in [1.165, 1.54) is 128 Å². The van der Waals surface area contributed by atoms with Crippen LogP contribution in [0.5, 0.6) is 0 Å². The van der Waals surface area contributed by atoms with Crippen LogP contribution in [0.4, 0.5) is 0 Å². The van der Waals surface area contributed by atoms with Crippen molar-refractivity contribution < 1.29 is 24.5 Å². The molecule has 344 valence electrons. The van der Waals surface area contributed by atoms with Crippen molar-refractivity contribution in [3.8, 4) is 0 Å². The van der Waals surface area contributed by atoms with E-state index in [2.05, 4.69) is 62.5 Å². The third-order valence-electron chi connectivity index (χ3n) is 11.5. The molecule has 0 aliphatic heterocycles. The molecule has 0 aromatic carbocycles. The molecular weight excluding hydrogens is 731 g/mol. The van der Waals surface area contributed by atoms with Gasteiger partial charge in [-0.2, -0.15) is 0 Å². The Balaban J connectivity index is 4.51. The van der Waals surface area contributed by atoms with Crippen LogP contribution in [-0.4, -0.2) is 46.9 Å². The zero-order valence-corrected chi connectivity index (χ0v) is 39.1. The highest BCUT2D eigenvalue weighted by Gasteiger charge is 2.24. The van der Waals surface area contributed by atoms with Crippen LogP contribution in [0.3, 0.4) is 0 Å². The summed E-state index contributed by atoms with van der Waals surface area (Å²) in [5.41, 5.74) is 0. The number of hydrogen-bond acceptors (Lipinski definition) is 5. The van der Waals surface area contributed by atoms with Gasteiger partial charge in [-0.1, -0.05) is 217 Å². The molecule has 0 aromatic rings. The van der Waals surface area contributed by atoms with Gasteiger partial charge in [-0.25, -0.2) is 0 Å². The van der Waals surface area contributed by atoms with Crippen molar-refractivity contribution in [2.24, 2.45) is 0 Å². The highest BCUT2D eigenvalue weighted by Crippen LogP contribution is 2.18. The van der Waals surface area contributed by atoms with Crippen LogP contribution in [0.25, 0.3) is 0 Å². The second kappa shape index (κ2) is 46.9. The van der Waals surface area contributed by atoms with E-state index in [1.807, 2.05) is 12.2 Å². The third kappa shape index (κ3) is 42.3. The Labute approximate surface area is 366 Å². The Morgan fingerprint density at radius 1 is 0.508 bits per heavy atom. The summed E-state index contributed by atoms with van der Waals surface area (Å²) in [4.78, 5) is 26.0. The zero-order chi connectivity index (χ0) is 43.1. The first kappa shape index (κ1) is 56.8. The Bertz CT molecular complexity index is 1020. The second-order valence-corrected chi connectivity index (χ2v) is 17.2. The molecule has 0 heterocycles. The molecule has 0 radical (unpaired) electrons. The molecular formula is C53H97NO5. The van der Waals surface area contributed by atoms with Crippen molar-refractivity contribution in [2.45, 2.75) is 270 Å². The highest BCUT2D eigenvalue weighted by atomic mass is 16.5. The molecule has 0 bridgehead atoms. The van der Waals surface area contributed by atoms with E-state index in [0.29, 0.717) is 19.3 Å². The van der Waals surface area contributed by atoms with E-state index in [-0.39, 0.29) is 24.9 Å². The lowest BCUT2D eigenvalue weighted by atomic mass is 10.0. The SMILES string of the molecule is CC/C=C/C=C/C=C\CCCCCC(CC(=O)NC(CO)C(O)CCCCCCCCCCCCCCCCCCC)OC(=O)CCCCCCC/C=C\CCCCC. The number of rotatable bonds is 45. The molecule has 6 heteroatoms. The van der Waals surface area contributed by atoms with E-state index in [1.54, 1.807) is 0 Å².